The number of anilines is 1. The zero-order valence-electron chi connectivity index (χ0n) is 19.7. The second-order valence-electron chi connectivity index (χ2n) is 10.1. The molecule has 2 N–H and O–H groups in total. The third-order valence-corrected chi connectivity index (χ3v) is 8.51. The highest BCUT2D eigenvalue weighted by Crippen LogP contribution is 2.66. The van der Waals surface area contributed by atoms with Gasteiger partial charge in [0.1, 0.15) is 23.2 Å². The molecule has 0 aliphatic heterocycles. The minimum absolute atomic E-state index is 0.0677. The molecule has 2 bridgehead atoms. The Kier molecular flexibility index (Phi) is 6.51. The largest absolute Gasteiger partial charge is 0.506 e. The van der Waals surface area contributed by atoms with Crippen LogP contribution in [-0.2, 0) is 16.1 Å². The molecule has 6 nitrogen and oxygen atoms in total. The van der Waals surface area contributed by atoms with Crippen molar-refractivity contribution in [3.05, 3.63) is 51.5 Å². The lowest BCUT2D eigenvalue weighted by Gasteiger charge is -2.38. The lowest BCUT2D eigenvalue weighted by Crippen LogP contribution is -2.38. The Labute approximate surface area is 209 Å². The third-order valence-electron chi connectivity index (χ3n) is 8.01. The van der Waals surface area contributed by atoms with Gasteiger partial charge in [0.2, 0.25) is 0 Å². The highest BCUT2D eigenvalue weighted by molar-refractivity contribution is 6.35. The van der Waals surface area contributed by atoms with Crippen molar-refractivity contribution >= 4 is 40.8 Å². The zero-order chi connectivity index (χ0) is 24.8. The van der Waals surface area contributed by atoms with Gasteiger partial charge in [-0.05, 0) is 60.9 Å². The minimum Gasteiger partial charge on any atom is -0.506 e. The van der Waals surface area contributed by atoms with Crippen LogP contribution < -0.4 is 10.1 Å². The number of hydrogen-bond donors (Lipinski definition) is 2. The van der Waals surface area contributed by atoms with Crippen LogP contribution in [0.2, 0.25) is 10.0 Å². The number of aromatic hydroxyl groups is 1. The Bertz CT molecular complexity index is 1150. The summed E-state index contributed by atoms with van der Waals surface area (Å²) in [5.74, 6) is -0.455. The van der Waals surface area contributed by atoms with E-state index in [-0.39, 0.29) is 45.6 Å². The van der Waals surface area contributed by atoms with Crippen LogP contribution in [0, 0.1) is 16.7 Å². The van der Waals surface area contributed by atoms with Crippen LogP contribution in [0.1, 0.15) is 62.9 Å². The van der Waals surface area contributed by atoms with Gasteiger partial charge in [0.05, 0.1) is 5.02 Å². The Morgan fingerprint density at radius 2 is 1.91 bits per heavy atom. The fourth-order valence-electron chi connectivity index (χ4n) is 5.50. The molecule has 3 atom stereocenters. The number of ether oxygens (including phenoxy) is 2. The van der Waals surface area contributed by atoms with Gasteiger partial charge in [0.25, 0.3) is 0 Å². The van der Waals surface area contributed by atoms with Crippen LogP contribution in [0.25, 0.3) is 0 Å². The maximum atomic E-state index is 13.3. The molecular weight excluding hydrogens is 477 g/mol. The summed E-state index contributed by atoms with van der Waals surface area (Å²) in [6.45, 7) is 8.21. The van der Waals surface area contributed by atoms with E-state index in [0.29, 0.717) is 22.2 Å². The van der Waals surface area contributed by atoms with Crippen LogP contribution in [0.4, 0.5) is 5.69 Å². The Balaban J connectivity index is 1.56. The number of nitrogens with one attached hydrogen (secondary N) is 1. The predicted molar refractivity (Wildman–Crippen MR) is 132 cm³/mol. The number of halogens is 2. The van der Waals surface area contributed by atoms with Crippen LogP contribution in [0.3, 0.4) is 0 Å². The molecule has 2 aromatic carbocycles. The van der Waals surface area contributed by atoms with Gasteiger partial charge in [0, 0.05) is 35.2 Å². The van der Waals surface area contributed by atoms with Crippen molar-refractivity contribution in [3.8, 4) is 11.5 Å². The number of hydrogen-bond acceptors (Lipinski definition) is 6. The van der Waals surface area contributed by atoms with Gasteiger partial charge >= 0.3 is 11.9 Å². The predicted octanol–water partition coefficient (Wildman–Crippen LogP) is 6.61. The molecule has 3 unspecified atom stereocenters. The van der Waals surface area contributed by atoms with Gasteiger partial charge < -0.3 is 19.9 Å². The minimum atomic E-state index is -0.527. The summed E-state index contributed by atoms with van der Waals surface area (Å²) in [7, 11) is 0. The average molecular weight is 506 g/mol. The van der Waals surface area contributed by atoms with Crippen molar-refractivity contribution in [1.29, 1.82) is 0 Å². The highest BCUT2D eigenvalue weighted by Gasteiger charge is 2.62. The second-order valence-corrected chi connectivity index (χ2v) is 10.9. The molecule has 2 aromatic rings. The zero-order valence-corrected chi connectivity index (χ0v) is 21.2. The van der Waals surface area contributed by atoms with Gasteiger partial charge in [0.15, 0.2) is 0 Å². The van der Waals surface area contributed by atoms with Gasteiger partial charge in [-0.25, -0.2) is 4.79 Å². The number of fused-ring (bicyclic) bond motifs is 2. The molecule has 0 aromatic heterocycles. The number of esters is 2. The van der Waals surface area contributed by atoms with E-state index >= 15 is 0 Å². The van der Waals surface area contributed by atoms with Gasteiger partial charge in [-0.1, -0.05) is 44.0 Å². The fourth-order valence-corrected chi connectivity index (χ4v) is 6.03. The number of rotatable bonds is 6. The van der Waals surface area contributed by atoms with Crippen LogP contribution in [-0.4, -0.2) is 23.1 Å². The molecule has 0 saturated heterocycles. The van der Waals surface area contributed by atoms with Crippen LogP contribution in [0.15, 0.2) is 30.3 Å². The molecular formula is C26H29Cl2NO5. The van der Waals surface area contributed by atoms with Crippen molar-refractivity contribution in [2.75, 3.05) is 5.32 Å². The Morgan fingerprint density at radius 3 is 2.53 bits per heavy atom. The lowest BCUT2D eigenvalue weighted by atomic mass is 9.70. The summed E-state index contributed by atoms with van der Waals surface area (Å²) >= 11 is 12.0. The average Bonchev–Trinajstić information content (AvgIpc) is 3.09. The molecule has 182 valence electrons. The molecule has 2 saturated carbocycles. The lowest BCUT2D eigenvalue weighted by molar-refractivity contribution is -0.131. The van der Waals surface area contributed by atoms with Gasteiger partial charge in [-0.2, -0.15) is 0 Å². The Morgan fingerprint density at radius 1 is 1.18 bits per heavy atom. The standard InChI is InChI=1S/C26H29Cl2NO5/c1-14(30)33-21-6-5-18(29-13-15-9-17(27)11-20(28)23(15)31)12-19(21)24(32)34-22-10-16-7-8-26(22,4)25(16,2)3/h5-6,9,11-12,16,22,29,31H,7-8,10,13H2,1-4H3. The summed E-state index contributed by atoms with van der Waals surface area (Å²) in [6, 6.07) is 7.89. The van der Waals surface area contributed by atoms with E-state index in [1.807, 2.05) is 0 Å². The van der Waals surface area contributed by atoms with E-state index in [2.05, 4.69) is 26.1 Å². The van der Waals surface area contributed by atoms with Crippen molar-refractivity contribution in [3.63, 3.8) is 0 Å². The van der Waals surface area contributed by atoms with E-state index in [1.165, 1.54) is 13.0 Å². The number of benzene rings is 2. The summed E-state index contributed by atoms with van der Waals surface area (Å²) in [5.41, 5.74) is 1.26. The molecule has 0 spiro atoms. The van der Waals surface area contributed by atoms with E-state index in [4.69, 9.17) is 32.7 Å². The second kappa shape index (κ2) is 8.97. The van der Waals surface area contributed by atoms with Crippen LogP contribution >= 0.6 is 23.2 Å². The van der Waals surface area contributed by atoms with Crippen LogP contribution in [0.5, 0.6) is 11.5 Å². The third kappa shape index (κ3) is 4.34. The maximum absolute atomic E-state index is 13.3. The molecule has 8 heteroatoms. The quantitative estimate of drug-likeness (QED) is 0.339. The number of carbonyl (C=O) groups excluding carboxylic acids is 2. The molecule has 0 heterocycles. The Hall–Kier alpha value is -2.44. The topological polar surface area (TPSA) is 84.9 Å². The molecule has 34 heavy (non-hydrogen) atoms. The van der Waals surface area contributed by atoms with Crippen molar-refractivity contribution in [2.45, 2.75) is 59.6 Å². The molecule has 2 fully saturated rings. The molecule has 2 aliphatic rings. The number of phenols is 1. The maximum Gasteiger partial charge on any atom is 0.342 e. The number of carbonyl (C=O) groups is 2. The first-order valence-electron chi connectivity index (χ1n) is 11.4. The smallest absolute Gasteiger partial charge is 0.342 e. The molecule has 2 aliphatic carbocycles. The first-order valence-corrected chi connectivity index (χ1v) is 12.1. The molecule has 0 amide bonds. The van der Waals surface area contributed by atoms with E-state index in [9.17, 15) is 14.7 Å². The highest BCUT2D eigenvalue weighted by atomic mass is 35.5. The summed E-state index contributed by atoms with van der Waals surface area (Å²) in [6.07, 6.45) is 2.81. The van der Waals surface area contributed by atoms with Crippen molar-refractivity contribution in [2.24, 2.45) is 16.7 Å². The van der Waals surface area contributed by atoms with Crippen molar-refractivity contribution < 1.29 is 24.2 Å². The normalized spacial score (nSPS) is 24.6. The SMILES string of the molecule is CC(=O)Oc1ccc(NCc2cc(Cl)cc(Cl)c2O)cc1C(=O)OC1CC2CCC1(C)C2(C)C. The first kappa shape index (κ1) is 24.7. The summed E-state index contributed by atoms with van der Waals surface area (Å²) in [4.78, 5) is 24.9. The fraction of sp³-hybridized carbons (Fsp3) is 0.462. The van der Waals surface area contributed by atoms with Crippen molar-refractivity contribution in [1.82, 2.24) is 0 Å². The summed E-state index contributed by atoms with van der Waals surface area (Å²) in [5, 5.41) is 13.9. The van der Waals surface area contributed by atoms with Gasteiger partial charge in [-0.3, -0.25) is 4.79 Å². The summed E-state index contributed by atoms with van der Waals surface area (Å²) < 4.78 is 11.3. The first-order chi connectivity index (χ1) is 15.9. The van der Waals surface area contributed by atoms with E-state index in [0.717, 1.165) is 19.3 Å². The molecule has 0 radical (unpaired) electrons. The van der Waals surface area contributed by atoms with E-state index in [1.54, 1.807) is 24.3 Å². The van der Waals surface area contributed by atoms with E-state index < -0.39 is 11.9 Å². The van der Waals surface area contributed by atoms with Gasteiger partial charge in [-0.15, -0.1) is 0 Å². The monoisotopic (exact) mass is 505 g/mol. The molecule has 4 rings (SSSR count). The number of phenolic OH excluding ortho intramolecular Hbond substituents is 1.